The first kappa shape index (κ1) is 22.9. The van der Waals surface area contributed by atoms with Crippen LogP contribution in [0.15, 0.2) is 48.5 Å². The summed E-state index contributed by atoms with van der Waals surface area (Å²) < 4.78 is 6.10. The minimum absolute atomic E-state index is 0.0618. The molecule has 5 nitrogen and oxygen atoms in total. The van der Waals surface area contributed by atoms with E-state index in [2.05, 4.69) is 23.5 Å². The van der Waals surface area contributed by atoms with Crippen LogP contribution in [0.2, 0.25) is 0 Å². The SMILES string of the molecule is CC[C@H](Oc1ccc2c(c1)[C@@H](c1ccccc1)N(C(=O)C(C)C)CC2)C(=O)NC(C)C. The van der Waals surface area contributed by atoms with Gasteiger partial charge in [-0.05, 0) is 55.5 Å². The second kappa shape index (κ2) is 9.99. The molecule has 31 heavy (non-hydrogen) atoms. The highest BCUT2D eigenvalue weighted by Crippen LogP contribution is 2.38. The fourth-order valence-corrected chi connectivity index (χ4v) is 4.09. The number of carbonyl (C=O) groups is 2. The van der Waals surface area contributed by atoms with Gasteiger partial charge in [-0.2, -0.15) is 0 Å². The molecule has 2 aromatic rings. The first-order valence-corrected chi connectivity index (χ1v) is 11.3. The monoisotopic (exact) mass is 422 g/mol. The van der Waals surface area contributed by atoms with Crippen LogP contribution in [0.25, 0.3) is 0 Å². The quantitative estimate of drug-likeness (QED) is 0.715. The maximum atomic E-state index is 13.0. The van der Waals surface area contributed by atoms with Gasteiger partial charge in [0.25, 0.3) is 5.91 Å². The van der Waals surface area contributed by atoms with E-state index in [1.54, 1.807) is 0 Å². The molecule has 0 spiro atoms. The molecule has 0 radical (unpaired) electrons. The van der Waals surface area contributed by atoms with E-state index in [9.17, 15) is 9.59 Å². The predicted octanol–water partition coefficient (Wildman–Crippen LogP) is 4.50. The molecule has 2 aromatic carbocycles. The molecule has 0 aliphatic carbocycles. The van der Waals surface area contributed by atoms with Crippen LogP contribution in [0.4, 0.5) is 0 Å². The first-order valence-electron chi connectivity index (χ1n) is 11.3. The van der Waals surface area contributed by atoms with Crippen molar-refractivity contribution >= 4 is 11.8 Å². The Kier molecular flexibility index (Phi) is 7.37. The number of hydrogen-bond donors (Lipinski definition) is 1. The van der Waals surface area contributed by atoms with Crippen molar-refractivity contribution in [2.45, 2.75) is 65.6 Å². The zero-order valence-electron chi connectivity index (χ0n) is 19.2. The molecule has 0 aromatic heterocycles. The van der Waals surface area contributed by atoms with Crippen molar-refractivity contribution in [1.29, 1.82) is 0 Å². The van der Waals surface area contributed by atoms with E-state index in [1.165, 1.54) is 5.56 Å². The average Bonchev–Trinajstić information content (AvgIpc) is 2.75. The molecule has 0 unspecified atom stereocenters. The molecule has 1 aliphatic rings. The third-order valence-electron chi connectivity index (χ3n) is 5.61. The molecule has 1 heterocycles. The van der Waals surface area contributed by atoms with Gasteiger partial charge in [0.1, 0.15) is 5.75 Å². The number of nitrogens with one attached hydrogen (secondary N) is 1. The number of nitrogens with zero attached hydrogens (tertiary/aromatic N) is 1. The number of ether oxygens (including phenoxy) is 1. The Balaban J connectivity index is 1.97. The molecular weight excluding hydrogens is 388 g/mol. The lowest BCUT2D eigenvalue weighted by Gasteiger charge is -2.39. The summed E-state index contributed by atoms with van der Waals surface area (Å²) >= 11 is 0. The summed E-state index contributed by atoms with van der Waals surface area (Å²) in [5, 5.41) is 2.93. The van der Waals surface area contributed by atoms with Crippen molar-refractivity contribution in [3.63, 3.8) is 0 Å². The van der Waals surface area contributed by atoms with Gasteiger partial charge in [-0.25, -0.2) is 0 Å². The minimum atomic E-state index is -0.549. The van der Waals surface area contributed by atoms with Gasteiger partial charge in [0.05, 0.1) is 6.04 Å². The molecule has 0 fully saturated rings. The van der Waals surface area contributed by atoms with Gasteiger partial charge in [-0.15, -0.1) is 0 Å². The Bertz CT molecular complexity index is 908. The lowest BCUT2D eigenvalue weighted by atomic mass is 9.87. The van der Waals surface area contributed by atoms with Gasteiger partial charge in [0.15, 0.2) is 6.10 Å². The minimum Gasteiger partial charge on any atom is -0.481 e. The summed E-state index contributed by atoms with van der Waals surface area (Å²) in [7, 11) is 0. The summed E-state index contributed by atoms with van der Waals surface area (Å²) in [6, 6.07) is 16.1. The Morgan fingerprint density at radius 2 is 1.81 bits per heavy atom. The van der Waals surface area contributed by atoms with Gasteiger partial charge >= 0.3 is 0 Å². The maximum Gasteiger partial charge on any atom is 0.261 e. The van der Waals surface area contributed by atoms with Crippen LogP contribution in [0.3, 0.4) is 0 Å². The molecule has 5 heteroatoms. The predicted molar refractivity (Wildman–Crippen MR) is 123 cm³/mol. The average molecular weight is 423 g/mol. The van der Waals surface area contributed by atoms with Gasteiger partial charge in [-0.3, -0.25) is 9.59 Å². The number of carbonyl (C=O) groups excluding carboxylic acids is 2. The molecule has 2 atom stereocenters. The van der Waals surface area contributed by atoms with E-state index in [-0.39, 0.29) is 29.8 Å². The highest BCUT2D eigenvalue weighted by Gasteiger charge is 2.33. The van der Waals surface area contributed by atoms with Gasteiger partial charge in [0.2, 0.25) is 5.91 Å². The Morgan fingerprint density at radius 1 is 1.10 bits per heavy atom. The topological polar surface area (TPSA) is 58.6 Å². The van der Waals surface area contributed by atoms with Crippen molar-refractivity contribution in [1.82, 2.24) is 10.2 Å². The fraction of sp³-hybridized carbons (Fsp3) is 0.462. The highest BCUT2D eigenvalue weighted by atomic mass is 16.5. The fourth-order valence-electron chi connectivity index (χ4n) is 4.09. The van der Waals surface area contributed by atoms with Crippen molar-refractivity contribution in [2.24, 2.45) is 5.92 Å². The van der Waals surface area contributed by atoms with E-state index in [0.29, 0.717) is 18.7 Å². The first-order chi connectivity index (χ1) is 14.8. The van der Waals surface area contributed by atoms with E-state index in [4.69, 9.17) is 4.74 Å². The van der Waals surface area contributed by atoms with E-state index < -0.39 is 6.10 Å². The molecule has 166 valence electrons. The molecule has 3 rings (SSSR count). The van der Waals surface area contributed by atoms with Crippen LogP contribution >= 0.6 is 0 Å². The lowest BCUT2D eigenvalue weighted by molar-refractivity contribution is -0.136. The van der Waals surface area contributed by atoms with Crippen LogP contribution in [0, 0.1) is 5.92 Å². The Morgan fingerprint density at radius 3 is 2.42 bits per heavy atom. The normalized spacial score (nSPS) is 16.7. The van der Waals surface area contributed by atoms with Crippen molar-refractivity contribution in [3.8, 4) is 5.75 Å². The van der Waals surface area contributed by atoms with Crippen LogP contribution in [0.1, 0.15) is 63.8 Å². The maximum absolute atomic E-state index is 13.0. The van der Waals surface area contributed by atoms with Crippen LogP contribution in [-0.4, -0.2) is 35.4 Å². The zero-order valence-corrected chi connectivity index (χ0v) is 19.2. The Hall–Kier alpha value is -2.82. The summed E-state index contributed by atoms with van der Waals surface area (Å²) in [6.07, 6.45) is 0.839. The molecule has 2 amide bonds. The number of amides is 2. The smallest absolute Gasteiger partial charge is 0.261 e. The molecule has 1 N–H and O–H groups in total. The van der Waals surface area contributed by atoms with Crippen molar-refractivity contribution in [2.75, 3.05) is 6.54 Å². The van der Waals surface area contributed by atoms with Crippen LogP contribution in [0.5, 0.6) is 5.75 Å². The highest BCUT2D eigenvalue weighted by molar-refractivity contribution is 5.81. The van der Waals surface area contributed by atoms with E-state index in [1.807, 2.05) is 69.9 Å². The van der Waals surface area contributed by atoms with Gasteiger partial charge in [-0.1, -0.05) is 57.2 Å². The third kappa shape index (κ3) is 5.27. The second-order valence-electron chi connectivity index (χ2n) is 8.79. The molecule has 0 saturated heterocycles. The molecule has 0 bridgehead atoms. The van der Waals surface area contributed by atoms with E-state index in [0.717, 1.165) is 17.5 Å². The van der Waals surface area contributed by atoms with Crippen molar-refractivity contribution < 1.29 is 14.3 Å². The lowest BCUT2D eigenvalue weighted by Crippen LogP contribution is -2.43. The molecule has 0 saturated carbocycles. The third-order valence-corrected chi connectivity index (χ3v) is 5.61. The largest absolute Gasteiger partial charge is 0.481 e. The zero-order chi connectivity index (χ0) is 22.5. The Labute approximate surface area is 185 Å². The van der Waals surface area contributed by atoms with E-state index >= 15 is 0 Å². The van der Waals surface area contributed by atoms with Gasteiger partial charge < -0.3 is 15.0 Å². The number of hydrogen-bond acceptors (Lipinski definition) is 3. The van der Waals surface area contributed by atoms with Gasteiger partial charge in [0, 0.05) is 18.5 Å². The summed E-state index contributed by atoms with van der Waals surface area (Å²) in [4.78, 5) is 27.5. The van der Waals surface area contributed by atoms with Crippen LogP contribution < -0.4 is 10.1 Å². The number of benzene rings is 2. The summed E-state index contributed by atoms with van der Waals surface area (Å²) in [5.74, 6) is 0.626. The molecular formula is C26H34N2O3. The van der Waals surface area contributed by atoms with Crippen LogP contribution in [-0.2, 0) is 16.0 Å². The van der Waals surface area contributed by atoms with Crippen molar-refractivity contribution in [3.05, 3.63) is 65.2 Å². The summed E-state index contributed by atoms with van der Waals surface area (Å²) in [6.45, 7) is 10.4. The standard InChI is InChI=1S/C26H34N2O3/c1-6-23(25(29)27-18(4)5)31-21-13-12-19-14-15-28(26(30)17(2)3)24(22(19)16-21)20-10-8-7-9-11-20/h7-13,16-18,23-24H,6,14-15H2,1-5H3,(H,27,29)/t23-,24+/m0/s1. The number of fused-ring (bicyclic) bond motifs is 1. The summed E-state index contributed by atoms with van der Waals surface area (Å²) in [5.41, 5.74) is 3.37. The molecule has 1 aliphatic heterocycles. The number of rotatable bonds is 7. The second-order valence-corrected chi connectivity index (χ2v) is 8.79.